The number of amides is 3. The van der Waals surface area contributed by atoms with Crippen LogP contribution in [0.25, 0.3) is 0 Å². The van der Waals surface area contributed by atoms with Crippen LogP contribution in [0.2, 0.25) is 0 Å². The number of hydrogen-bond donors (Lipinski definition) is 0. The van der Waals surface area contributed by atoms with Crippen molar-refractivity contribution in [2.75, 3.05) is 26.9 Å². The molecule has 0 fully saturated rings. The van der Waals surface area contributed by atoms with Gasteiger partial charge in [-0.15, -0.1) is 5.06 Å². The first-order valence-electron chi connectivity index (χ1n) is 10.3. The lowest BCUT2D eigenvalue weighted by Gasteiger charge is -2.24. The summed E-state index contributed by atoms with van der Waals surface area (Å²) in [5.41, 5.74) is 2.07. The Morgan fingerprint density at radius 1 is 1.06 bits per heavy atom. The second-order valence-electron chi connectivity index (χ2n) is 7.19. The maximum Gasteiger partial charge on any atom is 0.285 e. The Labute approximate surface area is 185 Å². The summed E-state index contributed by atoms with van der Waals surface area (Å²) in [6.07, 6.45) is 1.41. The van der Waals surface area contributed by atoms with Crippen molar-refractivity contribution in [2.45, 2.75) is 19.8 Å². The summed E-state index contributed by atoms with van der Waals surface area (Å²) in [5, 5.41) is 6.41. The minimum absolute atomic E-state index is 0.257. The largest absolute Gasteiger partial charge is 0.493 e. The Bertz CT molecular complexity index is 1060. The molecule has 0 aromatic heterocycles. The average molecular weight is 437 g/mol. The maximum absolute atomic E-state index is 12.7. The van der Waals surface area contributed by atoms with Crippen LogP contribution in [-0.4, -0.2) is 60.4 Å². The van der Waals surface area contributed by atoms with Crippen molar-refractivity contribution in [3.05, 3.63) is 59.2 Å². The monoisotopic (exact) mass is 437 g/mol. The zero-order valence-electron chi connectivity index (χ0n) is 17.9. The zero-order valence-corrected chi connectivity index (χ0v) is 17.9. The molecule has 0 unspecified atom stereocenters. The van der Waals surface area contributed by atoms with E-state index in [1.165, 1.54) is 5.01 Å². The molecule has 0 saturated heterocycles. The summed E-state index contributed by atoms with van der Waals surface area (Å²) in [6.45, 7) is 2.32. The van der Waals surface area contributed by atoms with Crippen LogP contribution in [0.3, 0.4) is 0 Å². The number of rotatable bonds is 7. The van der Waals surface area contributed by atoms with E-state index in [2.05, 4.69) is 5.10 Å². The van der Waals surface area contributed by atoms with Gasteiger partial charge in [0.15, 0.2) is 18.1 Å². The van der Waals surface area contributed by atoms with Crippen LogP contribution in [0.1, 0.15) is 46.0 Å². The summed E-state index contributed by atoms with van der Waals surface area (Å²) < 4.78 is 10.9. The van der Waals surface area contributed by atoms with Gasteiger partial charge in [0.05, 0.1) is 30.6 Å². The topological polar surface area (TPSA) is 97.7 Å². The van der Waals surface area contributed by atoms with Gasteiger partial charge in [-0.3, -0.25) is 19.2 Å². The SMILES string of the molecule is CCOc1cc(C2=NN(C(=O)CON3C(=O)c4ccccc4C3=O)CCC2)ccc1OC. The van der Waals surface area contributed by atoms with Crippen LogP contribution in [0.15, 0.2) is 47.6 Å². The molecule has 0 spiro atoms. The number of carbonyl (C=O) groups excluding carboxylic acids is 3. The summed E-state index contributed by atoms with van der Waals surface area (Å²) in [4.78, 5) is 42.7. The molecule has 0 atom stereocenters. The number of benzene rings is 2. The third-order valence-electron chi connectivity index (χ3n) is 5.18. The van der Waals surface area contributed by atoms with Crippen molar-refractivity contribution in [1.29, 1.82) is 0 Å². The van der Waals surface area contributed by atoms with Gasteiger partial charge < -0.3 is 9.47 Å². The quantitative estimate of drug-likeness (QED) is 0.618. The highest BCUT2D eigenvalue weighted by atomic mass is 16.7. The first kappa shape index (κ1) is 21.5. The van der Waals surface area contributed by atoms with Gasteiger partial charge in [0.1, 0.15) is 0 Å². The fraction of sp³-hybridized carbons (Fsp3) is 0.304. The van der Waals surface area contributed by atoms with E-state index in [0.717, 1.165) is 11.3 Å². The van der Waals surface area contributed by atoms with Gasteiger partial charge in [-0.25, -0.2) is 5.01 Å². The third-order valence-corrected chi connectivity index (χ3v) is 5.18. The van der Waals surface area contributed by atoms with Gasteiger partial charge >= 0.3 is 0 Å². The van der Waals surface area contributed by atoms with Crippen molar-refractivity contribution >= 4 is 23.4 Å². The molecule has 2 aromatic carbocycles. The second-order valence-corrected chi connectivity index (χ2v) is 7.19. The van der Waals surface area contributed by atoms with Gasteiger partial charge in [0, 0.05) is 12.1 Å². The van der Waals surface area contributed by atoms with Crippen LogP contribution < -0.4 is 9.47 Å². The molecule has 0 radical (unpaired) electrons. The van der Waals surface area contributed by atoms with Crippen molar-refractivity contribution in [3.8, 4) is 11.5 Å². The number of hydrazone groups is 1. The fourth-order valence-electron chi connectivity index (χ4n) is 3.63. The molecule has 2 heterocycles. The number of imide groups is 1. The molecule has 166 valence electrons. The minimum atomic E-state index is -0.581. The molecular weight excluding hydrogens is 414 g/mol. The predicted octanol–water partition coefficient (Wildman–Crippen LogP) is 2.65. The number of hydrogen-bond acceptors (Lipinski definition) is 7. The molecule has 0 aliphatic carbocycles. The van der Waals surface area contributed by atoms with E-state index in [-0.39, 0.29) is 11.1 Å². The Morgan fingerprint density at radius 3 is 2.44 bits per heavy atom. The molecular formula is C23H23N3O6. The Morgan fingerprint density at radius 2 is 1.78 bits per heavy atom. The van der Waals surface area contributed by atoms with Gasteiger partial charge in [0.25, 0.3) is 17.7 Å². The van der Waals surface area contributed by atoms with Crippen LogP contribution >= 0.6 is 0 Å². The van der Waals surface area contributed by atoms with E-state index in [1.54, 1.807) is 37.4 Å². The number of methoxy groups -OCH3 is 1. The Balaban J connectivity index is 1.45. The zero-order chi connectivity index (χ0) is 22.7. The smallest absolute Gasteiger partial charge is 0.285 e. The van der Waals surface area contributed by atoms with Gasteiger partial charge in [-0.05, 0) is 50.1 Å². The van der Waals surface area contributed by atoms with E-state index >= 15 is 0 Å². The van der Waals surface area contributed by atoms with Crippen LogP contribution in [0.5, 0.6) is 11.5 Å². The van der Waals surface area contributed by atoms with Crippen molar-refractivity contribution in [1.82, 2.24) is 10.1 Å². The Hall–Kier alpha value is -3.72. The van der Waals surface area contributed by atoms with E-state index in [4.69, 9.17) is 14.3 Å². The minimum Gasteiger partial charge on any atom is -0.493 e. The van der Waals surface area contributed by atoms with Crippen LogP contribution in [0, 0.1) is 0 Å². The molecule has 0 N–H and O–H groups in total. The van der Waals surface area contributed by atoms with E-state index in [1.807, 2.05) is 19.1 Å². The third kappa shape index (κ3) is 4.06. The number of ether oxygens (including phenoxy) is 2. The number of hydroxylamine groups is 2. The molecule has 3 amide bonds. The lowest BCUT2D eigenvalue weighted by molar-refractivity contribution is -0.149. The molecule has 9 heteroatoms. The fourth-order valence-corrected chi connectivity index (χ4v) is 3.63. The van der Waals surface area contributed by atoms with E-state index in [9.17, 15) is 14.4 Å². The summed E-state index contributed by atoms with van der Waals surface area (Å²) in [6, 6.07) is 11.9. The van der Waals surface area contributed by atoms with E-state index in [0.29, 0.717) is 42.6 Å². The summed E-state index contributed by atoms with van der Waals surface area (Å²) >= 11 is 0. The van der Waals surface area contributed by atoms with Crippen molar-refractivity contribution in [3.63, 3.8) is 0 Å². The lowest BCUT2D eigenvalue weighted by Crippen LogP contribution is -2.38. The standard InChI is InChI=1S/C23H23N3O6/c1-3-31-20-13-15(10-11-19(20)30-2)18-9-6-12-25(24-18)21(27)14-32-26-22(28)16-7-4-5-8-17(16)23(26)29/h4-5,7-8,10-11,13H,3,6,9,12,14H2,1-2H3. The van der Waals surface area contributed by atoms with Crippen molar-refractivity contribution in [2.24, 2.45) is 5.10 Å². The summed E-state index contributed by atoms with van der Waals surface area (Å²) in [7, 11) is 1.57. The maximum atomic E-state index is 12.7. The molecule has 2 aliphatic heterocycles. The van der Waals surface area contributed by atoms with Gasteiger partial charge in [-0.1, -0.05) is 12.1 Å². The number of fused-ring (bicyclic) bond motifs is 1. The lowest BCUT2D eigenvalue weighted by atomic mass is 10.0. The molecule has 4 rings (SSSR count). The molecule has 32 heavy (non-hydrogen) atoms. The van der Waals surface area contributed by atoms with Crippen molar-refractivity contribution < 1.29 is 28.7 Å². The van der Waals surface area contributed by atoms with Gasteiger partial charge in [0.2, 0.25) is 0 Å². The summed E-state index contributed by atoms with van der Waals surface area (Å²) in [5.74, 6) is -0.384. The normalized spacial score (nSPS) is 15.5. The molecule has 0 saturated carbocycles. The predicted molar refractivity (Wildman–Crippen MR) is 115 cm³/mol. The first-order valence-corrected chi connectivity index (χ1v) is 10.3. The number of nitrogens with zero attached hydrogens (tertiary/aromatic N) is 3. The number of carbonyl (C=O) groups is 3. The first-order chi connectivity index (χ1) is 15.5. The molecule has 0 bridgehead atoms. The van der Waals surface area contributed by atoms with Crippen LogP contribution in [-0.2, 0) is 9.63 Å². The molecule has 9 nitrogen and oxygen atoms in total. The average Bonchev–Trinajstić information content (AvgIpc) is 3.07. The van der Waals surface area contributed by atoms with E-state index < -0.39 is 24.3 Å². The second kappa shape index (κ2) is 9.19. The molecule has 2 aromatic rings. The highest BCUT2D eigenvalue weighted by Gasteiger charge is 2.37. The highest BCUT2D eigenvalue weighted by molar-refractivity contribution is 6.20. The molecule has 2 aliphatic rings. The highest BCUT2D eigenvalue weighted by Crippen LogP contribution is 2.29. The van der Waals surface area contributed by atoms with Gasteiger partial charge in [-0.2, -0.15) is 5.10 Å². The van der Waals surface area contributed by atoms with Crippen LogP contribution in [0.4, 0.5) is 0 Å². The Kier molecular flexibility index (Phi) is 6.18.